The van der Waals surface area contributed by atoms with E-state index < -0.39 is 0 Å². The quantitative estimate of drug-likeness (QED) is 0.581. The van der Waals surface area contributed by atoms with Crippen molar-refractivity contribution in [2.24, 2.45) is 0 Å². The minimum atomic E-state index is 0.546. The molecule has 0 spiro atoms. The number of hydrogen-bond donors (Lipinski definition) is 0. The fraction of sp³-hybridized carbons (Fsp3) is 0.0588. The maximum atomic E-state index is 5.44. The summed E-state index contributed by atoms with van der Waals surface area (Å²) in [6, 6.07) is 19.6. The SMILES string of the molecule is Cc1ccc(-c2cc(-n3nnnc3-c3ccccc3)no2)cc1. The van der Waals surface area contributed by atoms with Gasteiger partial charge in [-0.1, -0.05) is 65.3 Å². The van der Waals surface area contributed by atoms with Gasteiger partial charge in [-0.15, -0.1) is 5.10 Å². The van der Waals surface area contributed by atoms with Crippen LogP contribution in [0.2, 0.25) is 0 Å². The molecule has 2 heterocycles. The van der Waals surface area contributed by atoms with Crippen LogP contribution in [0.25, 0.3) is 28.5 Å². The van der Waals surface area contributed by atoms with Crippen LogP contribution in [-0.2, 0) is 0 Å². The topological polar surface area (TPSA) is 69.6 Å². The Labute approximate surface area is 132 Å². The summed E-state index contributed by atoms with van der Waals surface area (Å²) in [5, 5.41) is 15.9. The summed E-state index contributed by atoms with van der Waals surface area (Å²) in [6.45, 7) is 2.04. The van der Waals surface area contributed by atoms with Gasteiger partial charge in [0.25, 0.3) is 0 Å². The predicted octanol–water partition coefficient (Wildman–Crippen LogP) is 3.29. The third kappa shape index (κ3) is 2.50. The number of rotatable bonds is 3. The molecular formula is C17H13N5O. The molecule has 112 valence electrons. The Balaban J connectivity index is 1.73. The summed E-state index contributed by atoms with van der Waals surface area (Å²) in [5.74, 6) is 1.84. The zero-order chi connectivity index (χ0) is 15.6. The van der Waals surface area contributed by atoms with Crippen LogP contribution in [0.4, 0.5) is 0 Å². The molecule has 0 atom stereocenters. The largest absolute Gasteiger partial charge is 0.354 e. The zero-order valence-electron chi connectivity index (χ0n) is 12.4. The molecule has 0 aliphatic heterocycles. The monoisotopic (exact) mass is 303 g/mol. The Morgan fingerprint density at radius 1 is 0.913 bits per heavy atom. The normalized spacial score (nSPS) is 10.8. The number of hydrogen-bond acceptors (Lipinski definition) is 5. The lowest BCUT2D eigenvalue weighted by molar-refractivity contribution is 0.426. The van der Waals surface area contributed by atoms with Crippen molar-refractivity contribution in [3.05, 3.63) is 66.2 Å². The van der Waals surface area contributed by atoms with E-state index in [9.17, 15) is 0 Å². The first kappa shape index (κ1) is 13.4. The summed E-state index contributed by atoms with van der Waals surface area (Å²) in [7, 11) is 0. The lowest BCUT2D eigenvalue weighted by atomic mass is 10.1. The molecule has 0 N–H and O–H groups in total. The Bertz CT molecular complexity index is 925. The molecule has 0 unspecified atom stereocenters. The average molecular weight is 303 g/mol. The van der Waals surface area contributed by atoms with Crippen LogP contribution in [0.1, 0.15) is 5.56 Å². The number of tetrazole rings is 1. The Hall–Kier alpha value is -3.28. The highest BCUT2D eigenvalue weighted by molar-refractivity contribution is 5.61. The van der Waals surface area contributed by atoms with E-state index in [1.165, 1.54) is 5.56 Å². The second-order valence-electron chi connectivity index (χ2n) is 5.20. The number of benzene rings is 2. The van der Waals surface area contributed by atoms with Crippen LogP contribution < -0.4 is 0 Å². The van der Waals surface area contributed by atoms with Crippen molar-refractivity contribution in [1.82, 2.24) is 25.4 Å². The first-order chi connectivity index (χ1) is 11.3. The van der Waals surface area contributed by atoms with Gasteiger partial charge in [0.1, 0.15) is 0 Å². The van der Waals surface area contributed by atoms with E-state index in [0.717, 1.165) is 11.1 Å². The fourth-order valence-corrected chi connectivity index (χ4v) is 2.33. The van der Waals surface area contributed by atoms with Crippen molar-refractivity contribution in [2.45, 2.75) is 6.92 Å². The second-order valence-corrected chi connectivity index (χ2v) is 5.20. The van der Waals surface area contributed by atoms with Crippen LogP contribution in [0, 0.1) is 6.92 Å². The van der Waals surface area contributed by atoms with Gasteiger partial charge in [0.05, 0.1) is 0 Å². The minimum absolute atomic E-state index is 0.546. The van der Waals surface area contributed by atoms with Crippen molar-refractivity contribution in [3.63, 3.8) is 0 Å². The van der Waals surface area contributed by atoms with Gasteiger partial charge >= 0.3 is 0 Å². The van der Waals surface area contributed by atoms with E-state index in [0.29, 0.717) is 17.4 Å². The molecule has 6 heteroatoms. The highest BCUT2D eigenvalue weighted by Crippen LogP contribution is 2.24. The summed E-state index contributed by atoms with van der Waals surface area (Å²) < 4.78 is 7.00. The highest BCUT2D eigenvalue weighted by Gasteiger charge is 2.15. The fourth-order valence-electron chi connectivity index (χ4n) is 2.33. The maximum Gasteiger partial charge on any atom is 0.201 e. The summed E-state index contributed by atoms with van der Waals surface area (Å²) in [6.07, 6.45) is 0. The van der Waals surface area contributed by atoms with E-state index in [1.807, 2.05) is 67.6 Å². The maximum absolute atomic E-state index is 5.44. The number of aromatic nitrogens is 5. The molecule has 0 fully saturated rings. The molecule has 0 saturated carbocycles. The van der Waals surface area contributed by atoms with Gasteiger partial charge in [-0.2, -0.15) is 4.68 Å². The van der Waals surface area contributed by atoms with E-state index in [2.05, 4.69) is 20.7 Å². The molecule has 0 amide bonds. The van der Waals surface area contributed by atoms with Crippen LogP contribution in [-0.4, -0.2) is 25.4 Å². The first-order valence-corrected chi connectivity index (χ1v) is 7.19. The van der Waals surface area contributed by atoms with Gasteiger partial charge in [0, 0.05) is 17.2 Å². The Morgan fingerprint density at radius 3 is 2.48 bits per heavy atom. The van der Waals surface area contributed by atoms with Gasteiger partial charge < -0.3 is 4.52 Å². The van der Waals surface area contributed by atoms with Gasteiger partial charge in [-0.05, 0) is 17.4 Å². The molecule has 0 aliphatic rings. The molecule has 2 aromatic carbocycles. The summed E-state index contributed by atoms with van der Waals surface area (Å²) in [4.78, 5) is 0. The van der Waals surface area contributed by atoms with E-state index in [4.69, 9.17) is 4.52 Å². The lowest BCUT2D eigenvalue weighted by Crippen LogP contribution is -1.99. The van der Waals surface area contributed by atoms with Crippen molar-refractivity contribution in [3.8, 4) is 28.5 Å². The van der Waals surface area contributed by atoms with E-state index in [-0.39, 0.29) is 0 Å². The molecule has 0 bridgehead atoms. The van der Waals surface area contributed by atoms with Gasteiger partial charge in [-0.3, -0.25) is 0 Å². The summed E-state index contributed by atoms with van der Waals surface area (Å²) >= 11 is 0. The molecule has 0 aliphatic carbocycles. The van der Waals surface area contributed by atoms with Crippen molar-refractivity contribution in [1.29, 1.82) is 0 Å². The molecule has 0 radical (unpaired) electrons. The standard InChI is InChI=1S/C17H13N5O/c1-12-7-9-13(10-8-12)15-11-16(19-23-15)22-17(18-20-21-22)14-5-3-2-4-6-14/h2-11H,1H3. The van der Waals surface area contributed by atoms with Crippen LogP contribution >= 0.6 is 0 Å². The molecular weight excluding hydrogens is 290 g/mol. The van der Waals surface area contributed by atoms with Crippen molar-refractivity contribution < 1.29 is 4.52 Å². The predicted molar refractivity (Wildman–Crippen MR) is 84.8 cm³/mol. The van der Waals surface area contributed by atoms with E-state index in [1.54, 1.807) is 4.68 Å². The van der Waals surface area contributed by atoms with Gasteiger partial charge in [-0.25, -0.2) is 0 Å². The van der Waals surface area contributed by atoms with Gasteiger partial charge in [0.15, 0.2) is 11.6 Å². The Kier molecular flexibility index (Phi) is 3.20. The first-order valence-electron chi connectivity index (χ1n) is 7.19. The van der Waals surface area contributed by atoms with Crippen LogP contribution in [0.15, 0.2) is 65.2 Å². The van der Waals surface area contributed by atoms with Crippen LogP contribution in [0.3, 0.4) is 0 Å². The molecule has 4 rings (SSSR count). The van der Waals surface area contributed by atoms with Crippen molar-refractivity contribution in [2.75, 3.05) is 0 Å². The average Bonchev–Trinajstić information content (AvgIpc) is 3.25. The summed E-state index contributed by atoms with van der Waals surface area (Å²) in [5.41, 5.74) is 3.07. The minimum Gasteiger partial charge on any atom is -0.354 e. The van der Waals surface area contributed by atoms with E-state index >= 15 is 0 Å². The molecule has 2 aromatic heterocycles. The lowest BCUT2D eigenvalue weighted by Gasteiger charge is -1.99. The van der Waals surface area contributed by atoms with Gasteiger partial charge in [0.2, 0.25) is 5.82 Å². The molecule has 0 saturated heterocycles. The molecule has 4 aromatic rings. The second kappa shape index (κ2) is 5.49. The van der Waals surface area contributed by atoms with Crippen molar-refractivity contribution >= 4 is 0 Å². The highest BCUT2D eigenvalue weighted by atomic mass is 16.5. The Morgan fingerprint density at radius 2 is 1.70 bits per heavy atom. The number of nitrogens with zero attached hydrogens (tertiary/aromatic N) is 5. The smallest absolute Gasteiger partial charge is 0.201 e. The molecule has 6 nitrogen and oxygen atoms in total. The third-order valence-electron chi connectivity index (χ3n) is 3.55. The molecule has 23 heavy (non-hydrogen) atoms. The third-order valence-corrected chi connectivity index (χ3v) is 3.55. The zero-order valence-corrected chi connectivity index (χ0v) is 12.4. The van der Waals surface area contributed by atoms with Crippen LogP contribution in [0.5, 0.6) is 0 Å². The number of aryl methyl sites for hydroxylation is 1.